The van der Waals surface area contributed by atoms with Crippen molar-refractivity contribution < 1.29 is 4.79 Å². The van der Waals surface area contributed by atoms with Gasteiger partial charge in [0.05, 0.1) is 12.0 Å². The van der Waals surface area contributed by atoms with Gasteiger partial charge in [0, 0.05) is 10.1 Å². The molecule has 0 heterocycles. The van der Waals surface area contributed by atoms with Crippen LogP contribution in [0.2, 0.25) is 0 Å². The van der Waals surface area contributed by atoms with Crippen LogP contribution in [0, 0.1) is 9.49 Å². The molecule has 4 heteroatoms. The third-order valence-corrected chi connectivity index (χ3v) is 4.25. The van der Waals surface area contributed by atoms with E-state index in [9.17, 15) is 4.79 Å². The van der Waals surface area contributed by atoms with Crippen LogP contribution in [0.5, 0.6) is 0 Å². The van der Waals surface area contributed by atoms with Gasteiger partial charge in [-0.2, -0.15) is 0 Å². The van der Waals surface area contributed by atoms with Crippen LogP contribution >= 0.6 is 22.6 Å². The second-order valence-corrected chi connectivity index (χ2v) is 6.50. The standard InChI is InChI=1S/C14H19IN2O/c1-14(9-16,11-5-6-11)17-13(18)8-10-3-2-4-12(15)7-10/h2-4,7,11H,5-6,8-9,16H2,1H3,(H,17,18). The molecular formula is C14H19IN2O. The average molecular weight is 358 g/mol. The maximum atomic E-state index is 12.1. The minimum absolute atomic E-state index is 0.0665. The predicted octanol–water partition coefficient (Wildman–Crippen LogP) is 2.08. The van der Waals surface area contributed by atoms with Crippen LogP contribution in [-0.2, 0) is 11.2 Å². The first-order chi connectivity index (χ1) is 8.53. The van der Waals surface area contributed by atoms with Crippen molar-refractivity contribution in [2.45, 2.75) is 31.7 Å². The minimum Gasteiger partial charge on any atom is -0.349 e. The Kier molecular flexibility index (Phi) is 4.27. The van der Waals surface area contributed by atoms with Crippen molar-refractivity contribution in [3.63, 3.8) is 0 Å². The number of carbonyl (C=O) groups is 1. The number of nitrogens with one attached hydrogen (secondary N) is 1. The van der Waals surface area contributed by atoms with Crippen molar-refractivity contribution in [1.82, 2.24) is 5.32 Å². The number of nitrogens with two attached hydrogens (primary N) is 1. The summed E-state index contributed by atoms with van der Waals surface area (Å²) in [6, 6.07) is 8.03. The summed E-state index contributed by atoms with van der Waals surface area (Å²) in [5.74, 6) is 0.624. The molecular weight excluding hydrogens is 339 g/mol. The summed E-state index contributed by atoms with van der Waals surface area (Å²) in [5, 5.41) is 3.11. The Labute approximate surface area is 122 Å². The van der Waals surface area contributed by atoms with Crippen LogP contribution in [0.25, 0.3) is 0 Å². The van der Waals surface area contributed by atoms with Crippen LogP contribution < -0.4 is 11.1 Å². The second kappa shape index (κ2) is 5.57. The zero-order valence-corrected chi connectivity index (χ0v) is 12.7. The molecule has 1 fully saturated rings. The smallest absolute Gasteiger partial charge is 0.224 e. The molecule has 18 heavy (non-hydrogen) atoms. The first kappa shape index (κ1) is 13.8. The first-order valence-corrected chi connectivity index (χ1v) is 7.37. The number of hydrogen-bond acceptors (Lipinski definition) is 2. The van der Waals surface area contributed by atoms with Gasteiger partial charge in [-0.3, -0.25) is 4.79 Å². The Morgan fingerprint density at radius 1 is 1.56 bits per heavy atom. The zero-order valence-electron chi connectivity index (χ0n) is 10.6. The lowest BCUT2D eigenvalue weighted by Gasteiger charge is -2.29. The van der Waals surface area contributed by atoms with E-state index in [1.807, 2.05) is 24.3 Å². The first-order valence-electron chi connectivity index (χ1n) is 6.29. The summed E-state index contributed by atoms with van der Waals surface area (Å²) in [6.07, 6.45) is 2.79. The van der Waals surface area contributed by atoms with Crippen molar-refractivity contribution in [2.24, 2.45) is 11.7 Å². The zero-order chi connectivity index (χ0) is 13.2. The number of benzene rings is 1. The third kappa shape index (κ3) is 3.45. The van der Waals surface area contributed by atoms with Crippen LogP contribution in [0.4, 0.5) is 0 Å². The van der Waals surface area contributed by atoms with Gasteiger partial charge in [0.25, 0.3) is 0 Å². The van der Waals surface area contributed by atoms with Crippen LogP contribution in [0.15, 0.2) is 24.3 Å². The highest BCUT2D eigenvalue weighted by Crippen LogP contribution is 2.38. The number of amides is 1. The summed E-state index contributed by atoms with van der Waals surface area (Å²) >= 11 is 2.26. The molecule has 3 N–H and O–H groups in total. The fourth-order valence-corrected chi connectivity index (χ4v) is 2.84. The Bertz CT molecular complexity index is 445. The Morgan fingerprint density at radius 2 is 2.28 bits per heavy atom. The molecule has 0 spiro atoms. The summed E-state index contributed by atoms with van der Waals surface area (Å²) < 4.78 is 1.15. The highest BCUT2D eigenvalue weighted by atomic mass is 127. The van der Waals surface area contributed by atoms with E-state index in [4.69, 9.17) is 5.73 Å². The van der Waals surface area contributed by atoms with Gasteiger partial charge in [0.1, 0.15) is 0 Å². The highest BCUT2D eigenvalue weighted by Gasteiger charge is 2.41. The lowest BCUT2D eigenvalue weighted by atomic mass is 9.95. The van der Waals surface area contributed by atoms with Crippen molar-refractivity contribution >= 4 is 28.5 Å². The molecule has 0 radical (unpaired) electrons. The normalized spacial score (nSPS) is 18.2. The number of rotatable bonds is 5. The monoisotopic (exact) mass is 358 g/mol. The van der Waals surface area contributed by atoms with E-state index in [-0.39, 0.29) is 11.4 Å². The Morgan fingerprint density at radius 3 is 2.83 bits per heavy atom. The lowest BCUT2D eigenvalue weighted by Crippen LogP contribution is -2.53. The van der Waals surface area contributed by atoms with Gasteiger partial charge >= 0.3 is 0 Å². The summed E-state index contributed by atoms with van der Waals surface area (Å²) in [5.41, 5.74) is 6.63. The summed E-state index contributed by atoms with van der Waals surface area (Å²) in [7, 11) is 0. The van der Waals surface area contributed by atoms with Crippen LogP contribution in [0.3, 0.4) is 0 Å². The largest absolute Gasteiger partial charge is 0.349 e. The van der Waals surface area contributed by atoms with Gasteiger partial charge in [-0.05, 0) is 66.0 Å². The van der Waals surface area contributed by atoms with E-state index < -0.39 is 0 Å². The molecule has 98 valence electrons. The fourth-order valence-electron chi connectivity index (χ4n) is 2.24. The molecule has 1 aliphatic carbocycles. The second-order valence-electron chi connectivity index (χ2n) is 5.25. The van der Waals surface area contributed by atoms with Gasteiger partial charge in [-0.25, -0.2) is 0 Å². The van der Waals surface area contributed by atoms with E-state index in [1.165, 1.54) is 12.8 Å². The quantitative estimate of drug-likeness (QED) is 0.792. The van der Waals surface area contributed by atoms with E-state index in [0.29, 0.717) is 18.9 Å². The van der Waals surface area contributed by atoms with Crippen LogP contribution in [-0.4, -0.2) is 18.0 Å². The predicted molar refractivity (Wildman–Crippen MR) is 81.2 cm³/mol. The van der Waals surface area contributed by atoms with Crippen molar-refractivity contribution in [2.75, 3.05) is 6.54 Å². The maximum absolute atomic E-state index is 12.1. The fraction of sp³-hybridized carbons (Fsp3) is 0.500. The highest BCUT2D eigenvalue weighted by molar-refractivity contribution is 14.1. The summed E-state index contributed by atoms with van der Waals surface area (Å²) in [4.78, 5) is 12.1. The Balaban J connectivity index is 1.96. The third-order valence-electron chi connectivity index (χ3n) is 3.58. The van der Waals surface area contributed by atoms with Crippen molar-refractivity contribution in [1.29, 1.82) is 0 Å². The molecule has 1 amide bonds. The average Bonchev–Trinajstić information content (AvgIpc) is 3.12. The van der Waals surface area contributed by atoms with E-state index in [0.717, 1.165) is 9.13 Å². The van der Waals surface area contributed by atoms with Crippen LogP contribution in [0.1, 0.15) is 25.3 Å². The molecule has 1 unspecified atom stereocenters. The number of carbonyl (C=O) groups excluding carboxylic acids is 1. The molecule has 1 aromatic carbocycles. The van der Waals surface area contributed by atoms with Gasteiger partial charge in [-0.1, -0.05) is 12.1 Å². The van der Waals surface area contributed by atoms with Gasteiger partial charge in [-0.15, -0.1) is 0 Å². The molecule has 1 aromatic rings. The molecule has 1 saturated carbocycles. The minimum atomic E-state index is -0.223. The van der Waals surface area contributed by atoms with Gasteiger partial charge < -0.3 is 11.1 Å². The molecule has 1 aliphatic rings. The van der Waals surface area contributed by atoms with Crippen molar-refractivity contribution in [3.8, 4) is 0 Å². The van der Waals surface area contributed by atoms with E-state index in [2.05, 4.69) is 34.8 Å². The molecule has 0 bridgehead atoms. The molecule has 0 aliphatic heterocycles. The van der Waals surface area contributed by atoms with Gasteiger partial charge in [0.15, 0.2) is 0 Å². The lowest BCUT2D eigenvalue weighted by molar-refractivity contribution is -0.122. The number of halogens is 1. The molecule has 2 rings (SSSR count). The molecule has 3 nitrogen and oxygen atoms in total. The van der Waals surface area contributed by atoms with E-state index >= 15 is 0 Å². The number of hydrogen-bond donors (Lipinski definition) is 2. The SMILES string of the molecule is CC(CN)(NC(=O)Cc1cccc(I)c1)C1CC1. The Hall–Kier alpha value is -0.620. The van der Waals surface area contributed by atoms with Crippen molar-refractivity contribution in [3.05, 3.63) is 33.4 Å². The molecule has 1 atom stereocenters. The maximum Gasteiger partial charge on any atom is 0.224 e. The van der Waals surface area contributed by atoms with E-state index in [1.54, 1.807) is 0 Å². The molecule has 0 saturated heterocycles. The van der Waals surface area contributed by atoms with Gasteiger partial charge in [0.2, 0.25) is 5.91 Å². The molecule has 0 aromatic heterocycles. The summed E-state index contributed by atoms with van der Waals surface area (Å²) in [6.45, 7) is 2.56. The topological polar surface area (TPSA) is 55.1 Å².